The molecule has 25 heavy (non-hydrogen) atoms. The number of hydrogen-bond donors (Lipinski definition) is 1. The van der Waals surface area contributed by atoms with Crippen LogP contribution in [0.3, 0.4) is 0 Å². The van der Waals surface area contributed by atoms with E-state index in [-0.39, 0.29) is 17.2 Å². The molecular weight excluding hydrogens is 336 g/mol. The minimum absolute atomic E-state index is 0.0482. The minimum Gasteiger partial charge on any atom is -0.492 e. The third-order valence-corrected chi connectivity index (χ3v) is 5.00. The number of carbonyl (C=O) groups excluding carboxylic acids is 2. The van der Waals surface area contributed by atoms with E-state index < -0.39 is 0 Å². The van der Waals surface area contributed by atoms with Crippen LogP contribution in [0.4, 0.5) is 11.4 Å². The molecule has 1 N–H and O–H groups in total. The molecule has 0 spiro atoms. The summed E-state index contributed by atoms with van der Waals surface area (Å²) >= 11 is 1.57. The predicted molar refractivity (Wildman–Crippen MR) is 101 cm³/mol. The molecule has 1 heterocycles. The van der Waals surface area contributed by atoms with Gasteiger partial charge in [0.2, 0.25) is 11.8 Å². The van der Waals surface area contributed by atoms with Gasteiger partial charge in [-0.1, -0.05) is 24.3 Å². The van der Waals surface area contributed by atoms with Crippen molar-refractivity contribution in [1.29, 1.82) is 0 Å². The van der Waals surface area contributed by atoms with Crippen molar-refractivity contribution in [3.63, 3.8) is 0 Å². The number of nitrogens with zero attached hydrogens (tertiary/aromatic N) is 1. The molecule has 0 aliphatic carbocycles. The molecule has 0 unspecified atom stereocenters. The Morgan fingerprint density at radius 1 is 1.28 bits per heavy atom. The zero-order valence-electron chi connectivity index (χ0n) is 14.2. The zero-order chi connectivity index (χ0) is 17.8. The number of rotatable bonds is 5. The number of anilines is 2. The Labute approximate surface area is 151 Å². The Kier molecular flexibility index (Phi) is 5.28. The number of nitrogens with one attached hydrogen (secondary N) is 1. The van der Waals surface area contributed by atoms with E-state index in [4.69, 9.17) is 4.74 Å². The van der Waals surface area contributed by atoms with Crippen molar-refractivity contribution in [3.05, 3.63) is 54.1 Å². The molecule has 2 aromatic rings. The van der Waals surface area contributed by atoms with Gasteiger partial charge in [0.05, 0.1) is 18.0 Å². The summed E-state index contributed by atoms with van der Waals surface area (Å²) in [6, 6.07) is 15.2. The summed E-state index contributed by atoms with van der Waals surface area (Å²) in [4.78, 5) is 25.6. The van der Waals surface area contributed by atoms with E-state index in [1.165, 1.54) is 6.92 Å². The molecule has 6 heteroatoms. The molecule has 1 aliphatic heterocycles. The first-order chi connectivity index (χ1) is 12.1. The number of amides is 2. The number of thioether (sulfide) groups is 1. The van der Waals surface area contributed by atoms with E-state index >= 15 is 0 Å². The van der Waals surface area contributed by atoms with Crippen molar-refractivity contribution < 1.29 is 14.3 Å². The molecule has 1 atom stereocenters. The van der Waals surface area contributed by atoms with Gasteiger partial charge in [-0.05, 0) is 36.8 Å². The summed E-state index contributed by atoms with van der Waals surface area (Å²) in [6.45, 7) is 3.94. The van der Waals surface area contributed by atoms with E-state index in [1.54, 1.807) is 16.7 Å². The van der Waals surface area contributed by atoms with Crippen molar-refractivity contribution in [2.45, 2.75) is 19.2 Å². The van der Waals surface area contributed by atoms with Gasteiger partial charge >= 0.3 is 0 Å². The van der Waals surface area contributed by atoms with Crippen LogP contribution in [0.15, 0.2) is 48.5 Å². The maximum Gasteiger partial charge on any atom is 0.238 e. The number of hydrogen-bond acceptors (Lipinski definition) is 4. The van der Waals surface area contributed by atoms with Gasteiger partial charge in [0.15, 0.2) is 0 Å². The van der Waals surface area contributed by atoms with Crippen LogP contribution in [0.2, 0.25) is 0 Å². The van der Waals surface area contributed by atoms with E-state index in [0.29, 0.717) is 18.1 Å². The van der Waals surface area contributed by atoms with Crippen LogP contribution in [0, 0.1) is 0 Å². The molecule has 2 aromatic carbocycles. The highest BCUT2D eigenvalue weighted by Crippen LogP contribution is 2.45. The molecule has 1 aliphatic rings. The van der Waals surface area contributed by atoms with Crippen molar-refractivity contribution >= 4 is 35.0 Å². The van der Waals surface area contributed by atoms with E-state index in [0.717, 1.165) is 16.9 Å². The topological polar surface area (TPSA) is 58.6 Å². The zero-order valence-corrected chi connectivity index (χ0v) is 15.0. The minimum atomic E-state index is -0.150. The second-order valence-corrected chi connectivity index (χ2v) is 6.70. The maximum atomic E-state index is 12.6. The molecule has 130 valence electrons. The Hall–Kier alpha value is -2.47. The van der Waals surface area contributed by atoms with E-state index in [9.17, 15) is 9.59 Å². The summed E-state index contributed by atoms with van der Waals surface area (Å²) in [5.41, 5.74) is 2.46. The van der Waals surface area contributed by atoms with Crippen molar-refractivity contribution in [1.82, 2.24) is 0 Å². The van der Waals surface area contributed by atoms with Gasteiger partial charge in [-0.3, -0.25) is 14.5 Å². The second kappa shape index (κ2) is 7.61. The highest BCUT2D eigenvalue weighted by Gasteiger charge is 2.35. The van der Waals surface area contributed by atoms with Crippen LogP contribution in [0.25, 0.3) is 0 Å². The standard InChI is InChI=1S/C19H20N2O3S/c1-3-24-17-10-5-4-9-16(17)21-18(23)12-25-19(21)14-7-6-8-15(11-14)20-13(2)22/h4-11,19H,3,12H2,1-2H3,(H,20,22)/t19-/m1/s1. The maximum absolute atomic E-state index is 12.6. The third-order valence-electron chi connectivity index (χ3n) is 3.78. The quantitative estimate of drug-likeness (QED) is 0.885. The highest BCUT2D eigenvalue weighted by molar-refractivity contribution is 8.00. The lowest BCUT2D eigenvalue weighted by Crippen LogP contribution is -2.28. The van der Waals surface area contributed by atoms with Gasteiger partial charge in [-0.25, -0.2) is 0 Å². The van der Waals surface area contributed by atoms with E-state index in [1.807, 2.05) is 55.5 Å². The number of para-hydroxylation sites is 2. The first kappa shape index (κ1) is 17.4. The molecule has 5 nitrogen and oxygen atoms in total. The third kappa shape index (κ3) is 3.79. The lowest BCUT2D eigenvalue weighted by atomic mass is 10.1. The fraction of sp³-hybridized carbons (Fsp3) is 0.263. The molecule has 2 amide bonds. The monoisotopic (exact) mass is 356 g/mol. The Morgan fingerprint density at radius 3 is 2.84 bits per heavy atom. The van der Waals surface area contributed by atoms with Crippen molar-refractivity contribution in [3.8, 4) is 5.75 Å². The highest BCUT2D eigenvalue weighted by atomic mass is 32.2. The Bertz CT molecular complexity index is 794. The average molecular weight is 356 g/mol. The molecule has 0 aromatic heterocycles. The predicted octanol–water partition coefficient (Wildman–Crippen LogP) is 3.82. The van der Waals surface area contributed by atoms with Crippen LogP contribution < -0.4 is 15.0 Å². The van der Waals surface area contributed by atoms with Crippen LogP contribution in [0.1, 0.15) is 24.8 Å². The van der Waals surface area contributed by atoms with Gasteiger partial charge in [0, 0.05) is 12.6 Å². The Morgan fingerprint density at radius 2 is 2.08 bits per heavy atom. The van der Waals surface area contributed by atoms with Crippen LogP contribution in [-0.4, -0.2) is 24.2 Å². The number of carbonyl (C=O) groups is 2. The smallest absolute Gasteiger partial charge is 0.238 e. The lowest BCUT2D eigenvalue weighted by molar-refractivity contribution is -0.116. The van der Waals surface area contributed by atoms with Gasteiger partial charge in [0.25, 0.3) is 0 Å². The second-order valence-electron chi connectivity index (χ2n) is 5.63. The molecule has 0 bridgehead atoms. The first-order valence-corrected chi connectivity index (χ1v) is 9.18. The molecule has 0 radical (unpaired) electrons. The fourth-order valence-electron chi connectivity index (χ4n) is 2.84. The van der Waals surface area contributed by atoms with Gasteiger partial charge in [0.1, 0.15) is 11.1 Å². The van der Waals surface area contributed by atoms with E-state index in [2.05, 4.69) is 5.32 Å². The van der Waals surface area contributed by atoms with Crippen LogP contribution in [0.5, 0.6) is 5.75 Å². The summed E-state index contributed by atoms with van der Waals surface area (Å²) in [6.07, 6.45) is 0. The van der Waals surface area contributed by atoms with Gasteiger partial charge in [-0.15, -0.1) is 11.8 Å². The fourth-order valence-corrected chi connectivity index (χ4v) is 4.00. The summed E-state index contributed by atoms with van der Waals surface area (Å²) < 4.78 is 5.70. The largest absolute Gasteiger partial charge is 0.492 e. The number of benzene rings is 2. The molecule has 0 saturated carbocycles. The SMILES string of the molecule is CCOc1ccccc1N1C(=O)CS[C@@H]1c1cccc(NC(C)=O)c1. The van der Waals surface area contributed by atoms with Gasteiger partial charge in [-0.2, -0.15) is 0 Å². The lowest BCUT2D eigenvalue weighted by Gasteiger charge is -2.26. The van der Waals surface area contributed by atoms with Crippen molar-refractivity contribution in [2.24, 2.45) is 0 Å². The summed E-state index contributed by atoms with van der Waals surface area (Å²) in [5, 5.41) is 2.64. The Balaban J connectivity index is 1.97. The van der Waals surface area contributed by atoms with Gasteiger partial charge < -0.3 is 10.1 Å². The summed E-state index contributed by atoms with van der Waals surface area (Å²) in [7, 11) is 0. The molecular formula is C19H20N2O3S. The van der Waals surface area contributed by atoms with Crippen molar-refractivity contribution in [2.75, 3.05) is 22.6 Å². The first-order valence-electron chi connectivity index (χ1n) is 8.13. The van der Waals surface area contributed by atoms with Crippen LogP contribution in [-0.2, 0) is 9.59 Å². The molecule has 3 rings (SSSR count). The average Bonchev–Trinajstić information content (AvgIpc) is 2.97. The normalized spacial score (nSPS) is 16.8. The summed E-state index contributed by atoms with van der Waals surface area (Å²) in [5.74, 6) is 1.04. The number of ether oxygens (including phenoxy) is 1. The molecule has 1 fully saturated rings. The van der Waals surface area contributed by atoms with Crippen LogP contribution >= 0.6 is 11.8 Å². The molecule has 1 saturated heterocycles.